The highest BCUT2D eigenvalue weighted by Gasteiger charge is 2.11. The summed E-state index contributed by atoms with van der Waals surface area (Å²) in [6.07, 6.45) is 0. The van der Waals surface area contributed by atoms with Gasteiger partial charge in [0.2, 0.25) is 0 Å². The smallest absolute Gasteiger partial charge is 0.175 e. The molecule has 0 heterocycles. The van der Waals surface area contributed by atoms with E-state index in [4.69, 9.17) is 33.3 Å². The minimum Gasteiger partial charge on any atom is -0.495 e. The summed E-state index contributed by atoms with van der Waals surface area (Å²) in [7, 11) is 3.13. The minimum atomic E-state index is 0.448. The standard InChI is InChI=1S/C16H17ClN2O2S/c1-10-4-6-11(7-5-10)18-16(22)19-13-8-12(17)14(20-2)9-15(13)21-3/h4-9H,1-3H3,(H2,18,19,22). The van der Waals surface area contributed by atoms with Gasteiger partial charge in [0.1, 0.15) is 11.5 Å². The molecule has 0 radical (unpaired) electrons. The van der Waals surface area contributed by atoms with Crippen LogP contribution in [-0.4, -0.2) is 19.3 Å². The molecule has 2 aromatic rings. The molecule has 2 rings (SSSR count). The van der Waals surface area contributed by atoms with Crippen molar-refractivity contribution in [2.45, 2.75) is 6.92 Å². The van der Waals surface area contributed by atoms with Gasteiger partial charge in [0, 0.05) is 11.8 Å². The van der Waals surface area contributed by atoms with Crippen LogP contribution in [0.1, 0.15) is 5.56 Å². The van der Waals surface area contributed by atoms with Crippen LogP contribution in [-0.2, 0) is 0 Å². The zero-order chi connectivity index (χ0) is 16.1. The first-order chi connectivity index (χ1) is 10.5. The normalized spacial score (nSPS) is 10.0. The number of hydrogen-bond donors (Lipinski definition) is 2. The third-order valence-corrected chi connectivity index (χ3v) is 3.53. The van der Waals surface area contributed by atoms with E-state index in [2.05, 4.69) is 10.6 Å². The number of halogens is 1. The summed E-state index contributed by atoms with van der Waals surface area (Å²) >= 11 is 11.4. The van der Waals surface area contributed by atoms with Gasteiger partial charge in [-0.1, -0.05) is 29.3 Å². The molecule has 0 unspecified atom stereocenters. The first-order valence-corrected chi connectivity index (χ1v) is 7.38. The zero-order valence-electron chi connectivity index (χ0n) is 12.6. The van der Waals surface area contributed by atoms with Crippen molar-refractivity contribution in [3.63, 3.8) is 0 Å². The van der Waals surface area contributed by atoms with Gasteiger partial charge in [-0.15, -0.1) is 0 Å². The Balaban J connectivity index is 2.14. The van der Waals surface area contributed by atoms with Crippen molar-refractivity contribution < 1.29 is 9.47 Å². The lowest BCUT2D eigenvalue weighted by molar-refractivity contribution is 0.396. The van der Waals surface area contributed by atoms with E-state index < -0.39 is 0 Å². The Kier molecular flexibility index (Phi) is 5.46. The SMILES string of the molecule is COc1cc(OC)c(NC(=S)Nc2ccc(C)cc2)cc1Cl. The number of hydrogen-bond acceptors (Lipinski definition) is 3. The highest BCUT2D eigenvalue weighted by Crippen LogP contribution is 2.35. The first kappa shape index (κ1) is 16.4. The fraction of sp³-hybridized carbons (Fsp3) is 0.188. The zero-order valence-corrected chi connectivity index (χ0v) is 14.1. The summed E-state index contributed by atoms with van der Waals surface area (Å²) in [4.78, 5) is 0. The summed E-state index contributed by atoms with van der Waals surface area (Å²) in [5.74, 6) is 1.13. The molecule has 4 nitrogen and oxygen atoms in total. The molecule has 0 atom stereocenters. The number of anilines is 2. The second-order valence-electron chi connectivity index (χ2n) is 4.63. The van der Waals surface area contributed by atoms with Gasteiger partial charge < -0.3 is 20.1 Å². The van der Waals surface area contributed by atoms with Crippen molar-refractivity contribution in [1.29, 1.82) is 0 Å². The molecule has 0 amide bonds. The van der Waals surface area contributed by atoms with E-state index in [1.165, 1.54) is 5.56 Å². The van der Waals surface area contributed by atoms with E-state index in [0.717, 1.165) is 5.69 Å². The summed E-state index contributed by atoms with van der Waals surface area (Å²) in [6.45, 7) is 2.03. The van der Waals surface area contributed by atoms with Crippen molar-refractivity contribution in [2.75, 3.05) is 24.9 Å². The van der Waals surface area contributed by atoms with Crippen molar-refractivity contribution in [3.05, 3.63) is 47.0 Å². The summed E-state index contributed by atoms with van der Waals surface area (Å²) in [5.41, 5.74) is 2.76. The molecule has 0 fully saturated rings. The van der Waals surface area contributed by atoms with E-state index >= 15 is 0 Å². The van der Waals surface area contributed by atoms with Gasteiger partial charge in [0.25, 0.3) is 0 Å². The maximum Gasteiger partial charge on any atom is 0.175 e. The van der Waals surface area contributed by atoms with Gasteiger partial charge in [-0.05, 0) is 37.3 Å². The van der Waals surface area contributed by atoms with Crippen LogP contribution >= 0.6 is 23.8 Å². The lowest BCUT2D eigenvalue weighted by atomic mass is 10.2. The fourth-order valence-electron chi connectivity index (χ4n) is 1.88. The predicted octanol–water partition coefficient (Wildman–Crippen LogP) is 4.47. The Morgan fingerprint density at radius 2 is 1.64 bits per heavy atom. The maximum absolute atomic E-state index is 6.14. The first-order valence-electron chi connectivity index (χ1n) is 6.59. The molecule has 0 aliphatic rings. The molecule has 0 aliphatic carbocycles. The molecule has 0 aromatic heterocycles. The average molecular weight is 337 g/mol. The third-order valence-electron chi connectivity index (χ3n) is 3.03. The van der Waals surface area contributed by atoms with Crippen molar-refractivity contribution in [2.24, 2.45) is 0 Å². The lowest BCUT2D eigenvalue weighted by Crippen LogP contribution is -2.19. The van der Waals surface area contributed by atoms with Gasteiger partial charge >= 0.3 is 0 Å². The summed E-state index contributed by atoms with van der Waals surface area (Å²) in [5, 5.41) is 7.10. The Hall–Kier alpha value is -1.98. The largest absolute Gasteiger partial charge is 0.495 e. The van der Waals surface area contributed by atoms with E-state index in [1.807, 2.05) is 31.2 Å². The second kappa shape index (κ2) is 7.33. The molecular formula is C16H17ClN2O2S. The summed E-state index contributed by atoms with van der Waals surface area (Å²) < 4.78 is 10.5. The van der Waals surface area contributed by atoms with Crippen LogP contribution in [0, 0.1) is 6.92 Å². The Bertz CT molecular complexity index is 675. The topological polar surface area (TPSA) is 42.5 Å². The Morgan fingerprint density at radius 1 is 1.00 bits per heavy atom. The number of methoxy groups -OCH3 is 2. The molecule has 0 aliphatic heterocycles. The van der Waals surface area contributed by atoms with Gasteiger partial charge in [-0.3, -0.25) is 0 Å². The molecule has 116 valence electrons. The molecule has 0 saturated heterocycles. The van der Waals surface area contributed by atoms with E-state index in [-0.39, 0.29) is 0 Å². The maximum atomic E-state index is 6.14. The van der Waals surface area contributed by atoms with Gasteiger partial charge in [0.05, 0.1) is 24.9 Å². The van der Waals surface area contributed by atoms with Gasteiger partial charge in [-0.25, -0.2) is 0 Å². The van der Waals surface area contributed by atoms with Crippen LogP contribution in [0.5, 0.6) is 11.5 Å². The molecule has 0 bridgehead atoms. The number of rotatable bonds is 4. The summed E-state index contributed by atoms with van der Waals surface area (Å²) in [6, 6.07) is 11.4. The predicted molar refractivity (Wildman–Crippen MR) is 95.6 cm³/mol. The van der Waals surface area contributed by atoms with Crippen LogP contribution in [0.3, 0.4) is 0 Å². The van der Waals surface area contributed by atoms with E-state index in [9.17, 15) is 0 Å². The van der Waals surface area contributed by atoms with Crippen LogP contribution in [0.4, 0.5) is 11.4 Å². The molecule has 2 N–H and O–H groups in total. The lowest BCUT2D eigenvalue weighted by Gasteiger charge is -2.15. The quantitative estimate of drug-likeness (QED) is 0.806. The number of thiocarbonyl (C=S) groups is 1. The minimum absolute atomic E-state index is 0.448. The average Bonchev–Trinajstić information content (AvgIpc) is 2.50. The van der Waals surface area contributed by atoms with Crippen molar-refractivity contribution >= 4 is 40.3 Å². The van der Waals surface area contributed by atoms with Crippen LogP contribution < -0.4 is 20.1 Å². The molecule has 2 aromatic carbocycles. The Labute approximate surface area is 140 Å². The van der Waals surface area contributed by atoms with Gasteiger partial charge in [-0.2, -0.15) is 0 Å². The molecule has 0 saturated carbocycles. The molecule has 0 spiro atoms. The molecular weight excluding hydrogens is 320 g/mol. The van der Waals surface area contributed by atoms with Crippen LogP contribution in [0.15, 0.2) is 36.4 Å². The Morgan fingerprint density at radius 3 is 2.23 bits per heavy atom. The van der Waals surface area contributed by atoms with Crippen molar-refractivity contribution in [3.8, 4) is 11.5 Å². The number of benzene rings is 2. The number of nitrogens with one attached hydrogen (secondary N) is 2. The number of aryl methyl sites for hydroxylation is 1. The van der Waals surface area contributed by atoms with Crippen molar-refractivity contribution in [1.82, 2.24) is 0 Å². The highest BCUT2D eigenvalue weighted by atomic mass is 35.5. The molecule has 6 heteroatoms. The van der Waals surface area contributed by atoms with E-state index in [1.54, 1.807) is 26.4 Å². The van der Waals surface area contributed by atoms with Gasteiger partial charge in [0.15, 0.2) is 5.11 Å². The highest BCUT2D eigenvalue weighted by molar-refractivity contribution is 7.80. The van der Waals surface area contributed by atoms with Crippen LogP contribution in [0.2, 0.25) is 5.02 Å². The third kappa shape index (κ3) is 4.02. The second-order valence-corrected chi connectivity index (χ2v) is 5.45. The van der Waals surface area contributed by atoms with E-state index in [0.29, 0.717) is 27.3 Å². The monoisotopic (exact) mass is 336 g/mol. The fourth-order valence-corrected chi connectivity index (χ4v) is 2.35. The number of ether oxygens (including phenoxy) is 2. The molecule has 22 heavy (non-hydrogen) atoms. The van der Waals surface area contributed by atoms with Crippen LogP contribution in [0.25, 0.3) is 0 Å².